The highest BCUT2D eigenvalue weighted by Gasteiger charge is 2.36. The Bertz CT molecular complexity index is 824. The van der Waals surface area contributed by atoms with Crippen LogP contribution in [0.4, 0.5) is 0 Å². The Hall–Kier alpha value is -1.95. The number of benzene rings is 1. The van der Waals surface area contributed by atoms with E-state index in [1.165, 1.54) is 0 Å². The van der Waals surface area contributed by atoms with Crippen molar-refractivity contribution >= 4 is 27.7 Å². The molecule has 1 aromatic carbocycles. The Balaban J connectivity index is 1.97. The standard InChI is InChI=1S/C16H17NO4S/c1-16(2)10-17(7-8-22(16)20)14(18)12-9-11-5-3-4-6-13(11)21-15(12)19/h3-6,9H,7-8,10H2,1-2H3/t22-/m0/s1. The molecule has 1 amide bonds. The van der Waals surface area contributed by atoms with E-state index in [-0.39, 0.29) is 11.5 Å². The summed E-state index contributed by atoms with van der Waals surface area (Å²) in [5.74, 6) is 0.0711. The van der Waals surface area contributed by atoms with Gasteiger partial charge < -0.3 is 9.32 Å². The van der Waals surface area contributed by atoms with Gasteiger partial charge in [-0.15, -0.1) is 0 Å². The van der Waals surface area contributed by atoms with E-state index in [9.17, 15) is 13.8 Å². The van der Waals surface area contributed by atoms with Crippen LogP contribution < -0.4 is 5.63 Å². The third-order valence-electron chi connectivity index (χ3n) is 3.89. The number of carbonyl (C=O) groups excluding carboxylic acids is 1. The number of fused-ring (bicyclic) bond motifs is 1. The maximum Gasteiger partial charge on any atom is 0.349 e. The molecule has 0 bridgehead atoms. The lowest BCUT2D eigenvalue weighted by atomic mass is 10.1. The van der Waals surface area contributed by atoms with Crippen LogP contribution in [0.25, 0.3) is 11.0 Å². The van der Waals surface area contributed by atoms with Crippen LogP contribution in [0.2, 0.25) is 0 Å². The zero-order valence-corrected chi connectivity index (χ0v) is 13.3. The second-order valence-corrected chi connectivity index (χ2v) is 8.23. The Kier molecular flexibility index (Phi) is 3.64. The highest BCUT2D eigenvalue weighted by atomic mass is 32.2. The first-order valence-corrected chi connectivity index (χ1v) is 8.41. The molecule has 1 aliphatic rings. The molecule has 1 saturated heterocycles. The molecule has 2 aromatic rings. The van der Waals surface area contributed by atoms with E-state index in [2.05, 4.69) is 0 Å². The second kappa shape index (κ2) is 5.35. The molecule has 1 aromatic heterocycles. The maximum atomic E-state index is 12.6. The largest absolute Gasteiger partial charge is 0.422 e. The van der Waals surface area contributed by atoms with E-state index < -0.39 is 21.2 Å². The van der Waals surface area contributed by atoms with Gasteiger partial charge in [0.25, 0.3) is 5.91 Å². The lowest BCUT2D eigenvalue weighted by Crippen LogP contribution is -2.52. The Morgan fingerprint density at radius 3 is 2.77 bits per heavy atom. The summed E-state index contributed by atoms with van der Waals surface area (Å²) in [7, 11) is -0.967. The van der Waals surface area contributed by atoms with Gasteiger partial charge in [-0.25, -0.2) is 4.79 Å². The Labute approximate surface area is 130 Å². The van der Waals surface area contributed by atoms with E-state index >= 15 is 0 Å². The van der Waals surface area contributed by atoms with E-state index in [1.807, 2.05) is 19.9 Å². The minimum Gasteiger partial charge on any atom is -0.422 e. The summed E-state index contributed by atoms with van der Waals surface area (Å²) in [4.78, 5) is 26.3. The Morgan fingerprint density at radius 2 is 2.05 bits per heavy atom. The number of hydrogen-bond acceptors (Lipinski definition) is 4. The van der Waals surface area contributed by atoms with Gasteiger partial charge in [0.2, 0.25) is 0 Å². The van der Waals surface area contributed by atoms with Gasteiger partial charge in [0.1, 0.15) is 11.1 Å². The first-order chi connectivity index (χ1) is 10.4. The number of para-hydroxylation sites is 1. The van der Waals surface area contributed by atoms with E-state index in [0.29, 0.717) is 29.8 Å². The van der Waals surface area contributed by atoms with Crippen LogP contribution in [-0.4, -0.2) is 38.6 Å². The van der Waals surface area contributed by atoms with Crippen LogP contribution >= 0.6 is 0 Å². The smallest absolute Gasteiger partial charge is 0.349 e. The predicted octanol–water partition coefficient (Wildman–Crippen LogP) is 1.78. The summed E-state index contributed by atoms with van der Waals surface area (Å²) >= 11 is 0. The molecule has 22 heavy (non-hydrogen) atoms. The van der Waals surface area contributed by atoms with Gasteiger partial charge >= 0.3 is 5.63 Å². The minimum absolute atomic E-state index is 0.0298. The molecule has 0 unspecified atom stereocenters. The third kappa shape index (κ3) is 2.59. The van der Waals surface area contributed by atoms with Crippen molar-refractivity contribution < 1.29 is 13.4 Å². The van der Waals surface area contributed by atoms with Crippen molar-refractivity contribution in [3.05, 3.63) is 46.3 Å². The van der Waals surface area contributed by atoms with Gasteiger partial charge in [0.05, 0.1) is 4.75 Å². The van der Waals surface area contributed by atoms with Crippen molar-refractivity contribution in [2.24, 2.45) is 0 Å². The summed E-state index contributed by atoms with van der Waals surface area (Å²) in [5, 5.41) is 0.713. The summed E-state index contributed by atoms with van der Waals surface area (Å²) in [5.41, 5.74) is -0.139. The van der Waals surface area contributed by atoms with Crippen molar-refractivity contribution in [1.82, 2.24) is 4.90 Å². The number of carbonyl (C=O) groups is 1. The first kappa shape index (κ1) is 15.0. The fourth-order valence-corrected chi connectivity index (χ4v) is 3.87. The van der Waals surface area contributed by atoms with Crippen LogP contribution in [0.3, 0.4) is 0 Å². The number of amides is 1. The van der Waals surface area contributed by atoms with E-state index in [0.717, 1.165) is 0 Å². The highest BCUT2D eigenvalue weighted by molar-refractivity contribution is 7.86. The molecular weight excluding hydrogens is 302 g/mol. The van der Waals surface area contributed by atoms with Gasteiger partial charge in [-0.2, -0.15) is 0 Å². The topological polar surface area (TPSA) is 67.6 Å². The zero-order valence-electron chi connectivity index (χ0n) is 12.5. The van der Waals surface area contributed by atoms with Crippen molar-refractivity contribution in [2.75, 3.05) is 18.8 Å². The molecule has 6 heteroatoms. The number of nitrogens with zero attached hydrogens (tertiary/aromatic N) is 1. The number of hydrogen-bond donors (Lipinski definition) is 0. The van der Waals surface area contributed by atoms with Crippen molar-refractivity contribution in [3.8, 4) is 0 Å². The molecule has 1 aliphatic heterocycles. The molecule has 5 nitrogen and oxygen atoms in total. The maximum absolute atomic E-state index is 12.6. The van der Waals surface area contributed by atoms with Crippen LogP contribution in [0.1, 0.15) is 24.2 Å². The van der Waals surface area contributed by atoms with Gasteiger partial charge in [-0.3, -0.25) is 9.00 Å². The summed E-state index contributed by atoms with van der Waals surface area (Å²) < 4.78 is 16.7. The Morgan fingerprint density at radius 1 is 1.32 bits per heavy atom. The average Bonchev–Trinajstić information content (AvgIpc) is 2.48. The summed E-state index contributed by atoms with van der Waals surface area (Å²) in [6.45, 7) is 4.49. The first-order valence-electron chi connectivity index (χ1n) is 7.09. The predicted molar refractivity (Wildman–Crippen MR) is 85.5 cm³/mol. The highest BCUT2D eigenvalue weighted by Crippen LogP contribution is 2.22. The molecule has 1 fully saturated rings. The van der Waals surface area contributed by atoms with Gasteiger partial charge in [-0.1, -0.05) is 18.2 Å². The van der Waals surface area contributed by atoms with Crippen LogP contribution in [0, 0.1) is 0 Å². The third-order valence-corrected chi connectivity index (χ3v) is 5.81. The lowest BCUT2D eigenvalue weighted by Gasteiger charge is -2.37. The molecule has 1 atom stereocenters. The van der Waals surface area contributed by atoms with E-state index in [1.54, 1.807) is 29.2 Å². The SMILES string of the molecule is CC1(C)CN(C(=O)c2cc3ccccc3oc2=O)CC[S@@]1=O. The lowest BCUT2D eigenvalue weighted by molar-refractivity contribution is 0.0741. The molecule has 2 heterocycles. The molecule has 0 N–H and O–H groups in total. The fraction of sp³-hybridized carbons (Fsp3) is 0.375. The van der Waals surface area contributed by atoms with Crippen molar-refractivity contribution in [2.45, 2.75) is 18.6 Å². The molecule has 0 aliphatic carbocycles. The van der Waals surface area contributed by atoms with Crippen molar-refractivity contribution in [1.29, 1.82) is 0 Å². The van der Waals surface area contributed by atoms with Gasteiger partial charge in [-0.05, 0) is 26.0 Å². The van der Waals surface area contributed by atoms with Crippen LogP contribution in [0.15, 0.2) is 39.5 Å². The molecule has 3 rings (SSSR count). The quantitative estimate of drug-likeness (QED) is 0.751. The second-order valence-electron chi connectivity index (χ2n) is 6.02. The molecule has 0 spiro atoms. The zero-order chi connectivity index (χ0) is 15.9. The van der Waals surface area contributed by atoms with Crippen molar-refractivity contribution in [3.63, 3.8) is 0 Å². The number of rotatable bonds is 1. The van der Waals surface area contributed by atoms with Crippen LogP contribution in [0.5, 0.6) is 0 Å². The monoisotopic (exact) mass is 319 g/mol. The summed E-state index contributed by atoms with van der Waals surface area (Å²) in [6.07, 6.45) is 0. The van der Waals surface area contributed by atoms with E-state index in [4.69, 9.17) is 4.42 Å². The van der Waals surface area contributed by atoms with Gasteiger partial charge in [0, 0.05) is 35.0 Å². The molecular formula is C16H17NO4S. The normalized spacial score (nSPS) is 21.0. The molecule has 116 valence electrons. The molecule has 0 radical (unpaired) electrons. The van der Waals surface area contributed by atoms with Crippen LogP contribution in [-0.2, 0) is 10.8 Å². The minimum atomic E-state index is -0.967. The fourth-order valence-electron chi connectivity index (χ4n) is 2.63. The van der Waals surface area contributed by atoms with Gasteiger partial charge in [0.15, 0.2) is 0 Å². The average molecular weight is 319 g/mol. The summed E-state index contributed by atoms with van der Waals surface area (Å²) in [6, 6.07) is 8.66. The molecule has 0 saturated carbocycles.